The molecular formula is C15H17NO3. The third kappa shape index (κ3) is 2.52. The number of hydrogen-bond donors (Lipinski definition) is 2. The zero-order valence-corrected chi connectivity index (χ0v) is 11.3. The third-order valence-corrected chi connectivity index (χ3v) is 3.32. The Morgan fingerprint density at radius 2 is 2.00 bits per heavy atom. The number of fused-ring (bicyclic) bond motifs is 1. The minimum Gasteiger partial charge on any atom is -0.481 e. The second kappa shape index (κ2) is 4.53. The van der Waals surface area contributed by atoms with Gasteiger partial charge >= 0.3 is 5.97 Å². The molecule has 19 heavy (non-hydrogen) atoms. The molecule has 0 atom stereocenters. The van der Waals surface area contributed by atoms with E-state index in [1.54, 1.807) is 20.0 Å². The van der Waals surface area contributed by atoms with Crippen LogP contribution in [0, 0.1) is 12.3 Å². The van der Waals surface area contributed by atoms with Crippen LogP contribution < -0.4 is 0 Å². The van der Waals surface area contributed by atoms with E-state index in [0.717, 1.165) is 16.5 Å². The molecule has 0 amide bonds. The maximum absolute atomic E-state index is 12.3. The van der Waals surface area contributed by atoms with Crippen molar-refractivity contribution in [1.82, 2.24) is 4.98 Å². The smallest absolute Gasteiger partial charge is 0.309 e. The molecule has 0 saturated heterocycles. The quantitative estimate of drug-likeness (QED) is 0.828. The van der Waals surface area contributed by atoms with Gasteiger partial charge in [-0.1, -0.05) is 11.6 Å². The van der Waals surface area contributed by atoms with Gasteiger partial charge in [-0.2, -0.15) is 0 Å². The van der Waals surface area contributed by atoms with Gasteiger partial charge in [0.25, 0.3) is 0 Å². The first-order valence-electron chi connectivity index (χ1n) is 6.15. The first-order chi connectivity index (χ1) is 8.81. The van der Waals surface area contributed by atoms with Gasteiger partial charge in [0.2, 0.25) is 0 Å². The Morgan fingerprint density at radius 1 is 1.32 bits per heavy atom. The fraction of sp³-hybridized carbons (Fsp3) is 0.333. The Labute approximate surface area is 111 Å². The Hall–Kier alpha value is -2.10. The lowest BCUT2D eigenvalue weighted by atomic mass is 9.85. The number of carboxylic acid groups (broad SMARTS) is 1. The molecule has 0 bridgehead atoms. The molecule has 1 aromatic carbocycles. The van der Waals surface area contributed by atoms with E-state index < -0.39 is 11.4 Å². The Kier molecular flexibility index (Phi) is 3.18. The summed E-state index contributed by atoms with van der Waals surface area (Å²) in [5.41, 5.74) is 1.47. The number of nitrogens with one attached hydrogen (secondary N) is 1. The fourth-order valence-electron chi connectivity index (χ4n) is 2.04. The van der Waals surface area contributed by atoms with Crippen molar-refractivity contribution in [2.24, 2.45) is 5.41 Å². The molecule has 4 heteroatoms. The molecule has 2 aromatic rings. The molecule has 0 aliphatic carbocycles. The average Bonchev–Trinajstić information content (AvgIpc) is 2.70. The molecule has 0 saturated carbocycles. The Morgan fingerprint density at radius 3 is 2.63 bits per heavy atom. The van der Waals surface area contributed by atoms with Crippen LogP contribution in [-0.2, 0) is 4.79 Å². The minimum atomic E-state index is -1.05. The van der Waals surface area contributed by atoms with Gasteiger partial charge in [0, 0.05) is 29.1 Å². The maximum Gasteiger partial charge on any atom is 0.309 e. The normalized spacial score (nSPS) is 11.7. The summed E-state index contributed by atoms with van der Waals surface area (Å²) in [7, 11) is 0. The van der Waals surface area contributed by atoms with E-state index in [1.807, 2.05) is 25.1 Å². The molecule has 4 nitrogen and oxygen atoms in total. The van der Waals surface area contributed by atoms with Gasteiger partial charge in [-0.05, 0) is 32.9 Å². The van der Waals surface area contributed by atoms with Crippen LogP contribution in [0.1, 0.15) is 36.2 Å². The van der Waals surface area contributed by atoms with Crippen LogP contribution >= 0.6 is 0 Å². The third-order valence-electron chi connectivity index (χ3n) is 3.32. The molecule has 0 fully saturated rings. The highest BCUT2D eigenvalue weighted by molar-refractivity contribution is 6.09. The van der Waals surface area contributed by atoms with Crippen LogP contribution in [-0.4, -0.2) is 21.8 Å². The van der Waals surface area contributed by atoms with Crippen LogP contribution in [0.25, 0.3) is 10.9 Å². The number of carbonyl (C=O) groups is 2. The van der Waals surface area contributed by atoms with Gasteiger partial charge in [0.05, 0.1) is 5.41 Å². The lowest BCUT2D eigenvalue weighted by Crippen LogP contribution is -2.26. The number of H-pyrrole nitrogens is 1. The molecule has 0 spiro atoms. The number of rotatable bonds is 4. The molecule has 1 heterocycles. The number of carboxylic acids is 1. The number of Topliss-reactive ketones (excluding diaryl/α,β-unsaturated/α-hetero) is 1. The lowest BCUT2D eigenvalue weighted by molar-refractivity contribution is -0.146. The summed E-state index contributed by atoms with van der Waals surface area (Å²) in [6.07, 6.45) is 1.65. The van der Waals surface area contributed by atoms with Crippen LogP contribution in [0.2, 0.25) is 0 Å². The standard InChI is InChI=1S/C15H17NO3/c1-9-4-5-12-10(6-9)11(8-16-12)13(17)7-15(2,3)14(18)19/h4-6,8,16H,7H2,1-3H3,(H,18,19). The predicted molar refractivity (Wildman–Crippen MR) is 73.4 cm³/mol. The molecule has 0 unspecified atom stereocenters. The van der Waals surface area contributed by atoms with Crippen molar-refractivity contribution in [2.75, 3.05) is 0 Å². The van der Waals surface area contributed by atoms with Gasteiger partial charge in [-0.25, -0.2) is 0 Å². The van der Waals surface area contributed by atoms with Gasteiger partial charge in [0.1, 0.15) is 0 Å². The number of carbonyl (C=O) groups excluding carboxylic acids is 1. The summed E-state index contributed by atoms with van der Waals surface area (Å²) in [5, 5.41) is 9.94. The second-order valence-electron chi connectivity index (χ2n) is 5.54. The van der Waals surface area contributed by atoms with Crippen LogP contribution in [0.5, 0.6) is 0 Å². The van der Waals surface area contributed by atoms with E-state index in [1.165, 1.54) is 0 Å². The number of aliphatic carboxylic acids is 1. The molecule has 0 radical (unpaired) electrons. The molecular weight excluding hydrogens is 242 g/mol. The summed E-state index contributed by atoms with van der Waals surface area (Å²) in [6, 6.07) is 5.82. The SMILES string of the molecule is Cc1ccc2[nH]cc(C(=O)CC(C)(C)C(=O)O)c2c1. The summed E-state index contributed by atoms with van der Waals surface area (Å²) in [4.78, 5) is 26.4. The molecule has 2 N–H and O–H groups in total. The van der Waals surface area contributed by atoms with Crippen molar-refractivity contribution in [2.45, 2.75) is 27.2 Å². The zero-order chi connectivity index (χ0) is 14.2. The maximum atomic E-state index is 12.3. The van der Waals surface area contributed by atoms with E-state index >= 15 is 0 Å². The number of benzene rings is 1. The highest BCUT2D eigenvalue weighted by Gasteiger charge is 2.31. The summed E-state index contributed by atoms with van der Waals surface area (Å²) >= 11 is 0. The number of ketones is 1. The van der Waals surface area contributed by atoms with E-state index in [0.29, 0.717) is 5.56 Å². The van der Waals surface area contributed by atoms with E-state index in [-0.39, 0.29) is 12.2 Å². The van der Waals surface area contributed by atoms with E-state index in [9.17, 15) is 9.59 Å². The Bertz CT molecular complexity index is 652. The molecule has 2 rings (SSSR count). The van der Waals surface area contributed by atoms with Crippen molar-refractivity contribution in [3.63, 3.8) is 0 Å². The fourth-order valence-corrected chi connectivity index (χ4v) is 2.04. The minimum absolute atomic E-state index is 0.0107. The molecule has 1 aromatic heterocycles. The van der Waals surface area contributed by atoms with Gasteiger partial charge in [-0.3, -0.25) is 9.59 Å². The number of aromatic nitrogens is 1. The molecule has 100 valence electrons. The highest BCUT2D eigenvalue weighted by atomic mass is 16.4. The van der Waals surface area contributed by atoms with Crippen LogP contribution in [0.3, 0.4) is 0 Å². The second-order valence-corrected chi connectivity index (χ2v) is 5.54. The van der Waals surface area contributed by atoms with Gasteiger partial charge in [-0.15, -0.1) is 0 Å². The summed E-state index contributed by atoms with van der Waals surface area (Å²) in [5.74, 6) is -1.11. The van der Waals surface area contributed by atoms with Gasteiger partial charge in [0.15, 0.2) is 5.78 Å². The van der Waals surface area contributed by atoms with Crippen molar-refractivity contribution < 1.29 is 14.7 Å². The molecule has 0 aliphatic heterocycles. The van der Waals surface area contributed by atoms with Crippen molar-refractivity contribution in [1.29, 1.82) is 0 Å². The number of hydrogen-bond acceptors (Lipinski definition) is 2. The van der Waals surface area contributed by atoms with Crippen molar-refractivity contribution in [3.8, 4) is 0 Å². The number of aryl methyl sites for hydroxylation is 1. The van der Waals surface area contributed by atoms with Crippen molar-refractivity contribution >= 4 is 22.7 Å². The first kappa shape index (κ1) is 13.3. The van der Waals surface area contributed by atoms with Crippen LogP contribution in [0.4, 0.5) is 0 Å². The summed E-state index contributed by atoms with van der Waals surface area (Å²) in [6.45, 7) is 5.09. The summed E-state index contributed by atoms with van der Waals surface area (Å²) < 4.78 is 0. The van der Waals surface area contributed by atoms with E-state index in [4.69, 9.17) is 5.11 Å². The van der Waals surface area contributed by atoms with Crippen molar-refractivity contribution in [3.05, 3.63) is 35.5 Å². The van der Waals surface area contributed by atoms with Gasteiger partial charge < -0.3 is 10.1 Å². The van der Waals surface area contributed by atoms with E-state index in [2.05, 4.69) is 4.98 Å². The first-order valence-corrected chi connectivity index (χ1v) is 6.15. The predicted octanol–water partition coefficient (Wildman–Crippen LogP) is 3.16. The largest absolute Gasteiger partial charge is 0.481 e. The topological polar surface area (TPSA) is 70.2 Å². The monoisotopic (exact) mass is 259 g/mol. The zero-order valence-electron chi connectivity index (χ0n) is 11.3. The van der Waals surface area contributed by atoms with Crippen LogP contribution in [0.15, 0.2) is 24.4 Å². The average molecular weight is 259 g/mol. The molecule has 0 aliphatic rings. The lowest BCUT2D eigenvalue weighted by Gasteiger charge is -2.17. The Balaban J connectivity index is 2.37. The number of aromatic amines is 1. The highest BCUT2D eigenvalue weighted by Crippen LogP contribution is 2.27.